The van der Waals surface area contributed by atoms with Gasteiger partial charge in [0.2, 0.25) is 0 Å². The molecule has 2 aliphatic heterocycles. The summed E-state index contributed by atoms with van der Waals surface area (Å²) in [7, 11) is 2.69. The molecule has 12 heteroatoms. The number of carbonyl (C=O) groups is 2. The SMILES string of the molecule is COC(=O)N1CCN(c2c(F)cc(N3CC(CNC(=S)OC)OC3=O)cc2F)CC1. The highest BCUT2D eigenvalue weighted by Gasteiger charge is 2.34. The van der Waals surface area contributed by atoms with Crippen molar-refractivity contribution in [2.45, 2.75) is 6.10 Å². The summed E-state index contributed by atoms with van der Waals surface area (Å²) in [4.78, 5) is 27.9. The lowest BCUT2D eigenvalue weighted by Crippen LogP contribution is -2.49. The number of methoxy groups -OCH3 is 2. The molecule has 0 saturated carbocycles. The molecular weight excluding hydrogens is 422 g/mol. The number of cyclic esters (lactones) is 1. The molecule has 1 aromatic rings. The van der Waals surface area contributed by atoms with Gasteiger partial charge in [-0.05, 0) is 12.2 Å². The Kier molecular flexibility index (Phi) is 6.75. The minimum atomic E-state index is -0.800. The number of thiocarbonyl (C=S) groups is 1. The number of nitrogens with one attached hydrogen (secondary N) is 1. The van der Waals surface area contributed by atoms with Gasteiger partial charge in [-0.15, -0.1) is 0 Å². The lowest BCUT2D eigenvalue weighted by atomic mass is 10.2. The number of hydrogen-bond donors (Lipinski definition) is 1. The van der Waals surface area contributed by atoms with Crippen LogP contribution in [-0.2, 0) is 14.2 Å². The Labute approximate surface area is 177 Å². The summed E-state index contributed by atoms with van der Waals surface area (Å²) < 4.78 is 44.2. The first-order chi connectivity index (χ1) is 14.3. The van der Waals surface area contributed by atoms with Crippen LogP contribution < -0.4 is 15.1 Å². The van der Waals surface area contributed by atoms with Gasteiger partial charge in [0, 0.05) is 38.3 Å². The monoisotopic (exact) mass is 444 g/mol. The predicted octanol–water partition coefficient (Wildman–Crippen LogP) is 1.70. The molecule has 1 N–H and O–H groups in total. The van der Waals surface area contributed by atoms with Crippen LogP contribution in [0.4, 0.5) is 29.7 Å². The Balaban J connectivity index is 1.68. The third-order valence-corrected chi connectivity index (χ3v) is 5.19. The van der Waals surface area contributed by atoms with Gasteiger partial charge in [0.1, 0.15) is 11.8 Å². The van der Waals surface area contributed by atoms with E-state index in [0.717, 1.165) is 17.0 Å². The molecule has 0 spiro atoms. The normalized spacial score (nSPS) is 18.9. The maximum Gasteiger partial charge on any atom is 0.414 e. The number of ether oxygens (including phenoxy) is 3. The first-order valence-corrected chi connectivity index (χ1v) is 9.61. The number of rotatable bonds is 4. The van der Waals surface area contributed by atoms with E-state index in [1.807, 2.05) is 0 Å². The molecule has 2 aliphatic rings. The highest BCUT2D eigenvalue weighted by molar-refractivity contribution is 7.80. The van der Waals surface area contributed by atoms with Crippen molar-refractivity contribution in [3.05, 3.63) is 23.8 Å². The zero-order chi connectivity index (χ0) is 21.8. The predicted molar refractivity (Wildman–Crippen MR) is 108 cm³/mol. The van der Waals surface area contributed by atoms with Gasteiger partial charge in [0.25, 0.3) is 5.17 Å². The van der Waals surface area contributed by atoms with Crippen LogP contribution in [0.2, 0.25) is 0 Å². The molecule has 0 aromatic heterocycles. The highest BCUT2D eigenvalue weighted by Crippen LogP contribution is 2.31. The molecule has 2 heterocycles. The fourth-order valence-electron chi connectivity index (χ4n) is 3.36. The van der Waals surface area contributed by atoms with E-state index >= 15 is 0 Å². The van der Waals surface area contributed by atoms with Crippen molar-refractivity contribution >= 4 is 41.0 Å². The third-order valence-electron chi connectivity index (χ3n) is 4.88. The summed E-state index contributed by atoms with van der Waals surface area (Å²) in [6.07, 6.45) is -1.74. The molecule has 164 valence electrons. The highest BCUT2D eigenvalue weighted by atomic mass is 32.1. The molecule has 3 rings (SSSR count). The fraction of sp³-hybridized carbons (Fsp3) is 0.500. The Hall–Kier alpha value is -2.89. The summed E-state index contributed by atoms with van der Waals surface area (Å²) in [5.41, 5.74) is -0.136. The number of nitrogens with zero attached hydrogens (tertiary/aromatic N) is 3. The van der Waals surface area contributed by atoms with Gasteiger partial charge in [-0.2, -0.15) is 0 Å². The molecule has 9 nitrogen and oxygen atoms in total. The van der Waals surface area contributed by atoms with E-state index in [-0.39, 0.29) is 55.8 Å². The summed E-state index contributed by atoms with van der Waals surface area (Å²) >= 11 is 4.86. The van der Waals surface area contributed by atoms with Crippen LogP contribution in [0, 0.1) is 11.6 Å². The number of piperazine rings is 1. The number of amides is 2. The molecule has 1 atom stereocenters. The van der Waals surface area contributed by atoms with Crippen LogP contribution in [0.1, 0.15) is 0 Å². The van der Waals surface area contributed by atoms with Crippen molar-refractivity contribution in [2.24, 2.45) is 0 Å². The Morgan fingerprint density at radius 2 is 1.83 bits per heavy atom. The standard InChI is InChI=1S/C18H22F2N4O5S/c1-27-16(30)21-9-12-10-24(18(26)29-12)11-7-13(19)15(14(20)8-11)22-3-5-23(6-4-22)17(25)28-2/h7-8,12H,3-6,9-10H2,1-2H3,(H,21,30). The Morgan fingerprint density at radius 1 is 1.20 bits per heavy atom. The van der Waals surface area contributed by atoms with Crippen molar-refractivity contribution in [1.82, 2.24) is 10.2 Å². The zero-order valence-electron chi connectivity index (χ0n) is 16.5. The number of carbonyl (C=O) groups excluding carboxylic acids is 2. The summed E-state index contributed by atoms with van der Waals surface area (Å²) in [5.74, 6) is -1.60. The second-order valence-corrected chi connectivity index (χ2v) is 7.06. The van der Waals surface area contributed by atoms with E-state index in [2.05, 4.69) is 10.1 Å². The van der Waals surface area contributed by atoms with E-state index in [4.69, 9.17) is 21.7 Å². The van der Waals surface area contributed by atoms with E-state index in [9.17, 15) is 18.4 Å². The van der Waals surface area contributed by atoms with Gasteiger partial charge in [-0.1, -0.05) is 0 Å². The van der Waals surface area contributed by atoms with Gasteiger partial charge in [-0.3, -0.25) is 4.90 Å². The van der Waals surface area contributed by atoms with Crippen molar-refractivity contribution in [3.63, 3.8) is 0 Å². The lowest BCUT2D eigenvalue weighted by Gasteiger charge is -2.35. The minimum absolute atomic E-state index is 0.0590. The third kappa shape index (κ3) is 4.64. The first-order valence-electron chi connectivity index (χ1n) is 9.21. The Morgan fingerprint density at radius 3 is 2.40 bits per heavy atom. The van der Waals surface area contributed by atoms with E-state index in [0.29, 0.717) is 0 Å². The largest absolute Gasteiger partial charge is 0.474 e. The van der Waals surface area contributed by atoms with E-state index < -0.39 is 29.9 Å². The van der Waals surface area contributed by atoms with Crippen LogP contribution in [-0.4, -0.2) is 81.9 Å². The lowest BCUT2D eigenvalue weighted by molar-refractivity contribution is 0.121. The second kappa shape index (κ2) is 9.28. The molecule has 2 saturated heterocycles. The molecule has 1 aromatic carbocycles. The van der Waals surface area contributed by atoms with Crippen LogP contribution in [0.5, 0.6) is 0 Å². The number of hydrogen-bond acceptors (Lipinski definition) is 7. The van der Waals surface area contributed by atoms with E-state index in [1.54, 1.807) is 0 Å². The smallest absolute Gasteiger partial charge is 0.414 e. The maximum absolute atomic E-state index is 14.8. The van der Waals surface area contributed by atoms with Crippen LogP contribution >= 0.6 is 12.2 Å². The van der Waals surface area contributed by atoms with Gasteiger partial charge in [0.05, 0.1) is 33.0 Å². The molecule has 0 radical (unpaired) electrons. The molecule has 0 aliphatic carbocycles. The van der Waals surface area contributed by atoms with E-state index in [1.165, 1.54) is 24.0 Å². The minimum Gasteiger partial charge on any atom is -0.474 e. The van der Waals surface area contributed by atoms with Crippen LogP contribution in [0.3, 0.4) is 0 Å². The maximum atomic E-state index is 14.8. The van der Waals surface area contributed by atoms with Crippen molar-refractivity contribution < 1.29 is 32.6 Å². The van der Waals surface area contributed by atoms with Crippen molar-refractivity contribution in [3.8, 4) is 0 Å². The molecule has 1 unspecified atom stereocenters. The molecule has 2 amide bonds. The summed E-state index contributed by atoms with van der Waals surface area (Å²) in [5, 5.41) is 2.92. The molecule has 30 heavy (non-hydrogen) atoms. The van der Waals surface area contributed by atoms with Crippen LogP contribution in [0.15, 0.2) is 12.1 Å². The molecular formula is C18H22F2N4O5S. The summed E-state index contributed by atoms with van der Waals surface area (Å²) in [6.45, 7) is 1.38. The number of halogens is 2. The van der Waals surface area contributed by atoms with Gasteiger partial charge in [-0.25, -0.2) is 18.4 Å². The van der Waals surface area contributed by atoms with Gasteiger partial charge in [0.15, 0.2) is 11.6 Å². The average molecular weight is 444 g/mol. The van der Waals surface area contributed by atoms with Crippen molar-refractivity contribution in [2.75, 3.05) is 63.3 Å². The second-order valence-electron chi connectivity index (χ2n) is 6.69. The molecule has 0 bridgehead atoms. The topological polar surface area (TPSA) is 83.6 Å². The average Bonchev–Trinajstić information content (AvgIpc) is 3.11. The fourth-order valence-corrected chi connectivity index (χ4v) is 3.44. The van der Waals surface area contributed by atoms with Gasteiger partial charge >= 0.3 is 12.2 Å². The Bertz CT molecular complexity index is 812. The summed E-state index contributed by atoms with van der Waals surface area (Å²) in [6, 6.07) is 2.20. The quantitative estimate of drug-likeness (QED) is 0.703. The first kappa shape index (κ1) is 21.8. The molecule has 2 fully saturated rings. The van der Waals surface area contributed by atoms with Crippen LogP contribution in [0.25, 0.3) is 0 Å². The van der Waals surface area contributed by atoms with Gasteiger partial charge < -0.3 is 29.3 Å². The number of anilines is 2. The number of benzene rings is 1. The zero-order valence-corrected chi connectivity index (χ0v) is 17.3. The van der Waals surface area contributed by atoms with Crippen molar-refractivity contribution in [1.29, 1.82) is 0 Å².